The molecule has 1 fully saturated rings. The number of rotatable bonds is 5. The van der Waals surface area contributed by atoms with Crippen molar-refractivity contribution in [2.75, 3.05) is 25.6 Å². The number of anilines is 2. The molecule has 6 heteroatoms. The quantitative estimate of drug-likeness (QED) is 0.728. The highest BCUT2D eigenvalue weighted by Crippen LogP contribution is 2.32. The zero-order valence-corrected chi connectivity index (χ0v) is 15.1. The van der Waals surface area contributed by atoms with Crippen LogP contribution in [0.1, 0.15) is 18.3 Å². The average Bonchev–Trinajstić information content (AvgIpc) is 2.75. The molecule has 1 N–H and O–H groups in total. The molecular formula is C21H21N3O3. The maximum atomic E-state index is 5.75. The van der Waals surface area contributed by atoms with Gasteiger partial charge in [-0.3, -0.25) is 0 Å². The van der Waals surface area contributed by atoms with Gasteiger partial charge < -0.3 is 19.5 Å². The Morgan fingerprint density at radius 1 is 1.00 bits per heavy atom. The van der Waals surface area contributed by atoms with Crippen molar-refractivity contribution in [3.8, 4) is 17.0 Å². The van der Waals surface area contributed by atoms with Crippen LogP contribution in [-0.4, -0.2) is 30.3 Å². The second kappa shape index (κ2) is 8.16. The van der Waals surface area contributed by atoms with Gasteiger partial charge in [0.15, 0.2) is 6.29 Å². The summed E-state index contributed by atoms with van der Waals surface area (Å²) in [6.07, 6.45) is 2.10. The summed E-state index contributed by atoms with van der Waals surface area (Å²) in [5.74, 6) is 1.46. The van der Waals surface area contributed by atoms with Gasteiger partial charge in [-0.05, 0) is 24.6 Å². The maximum absolute atomic E-state index is 5.75. The number of aromatic nitrogens is 2. The maximum Gasteiger partial charge on any atom is 0.185 e. The van der Waals surface area contributed by atoms with Gasteiger partial charge in [0.2, 0.25) is 0 Å². The minimum atomic E-state index is -0.363. The van der Waals surface area contributed by atoms with E-state index in [1.165, 1.54) is 0 Å². The van der Waals surface area contributed by atoms with Gasteiger partial charge in [-0.25, -0.2) is 9.97 Å². The van der Waals surface area contributed by atoms with E-state index in [0.29, 0.717) is 19.0 Å². The Morgan fingerprint density at radius 2 is 1.78 bits per heavy atom. The second-order valence-electron chi connectivity index (χ2n) is 6.13. The summed E-state index contributed by atoms with van der Waals surface area (Å²) in [7, 11) is 1.65. The molecular weight excluding hydrogens is 342 g/mol. The average molecular weight is 363 g/mol. The Kier molecular flexibility index (Phi) is 5.27. The second-order valence-corrected chi connectivity index (χ2v) is 6.13. The summed E-state index contributed by atoms with van der Waals surface area (Å²) in [4.78, 5) is 8.75. The molecule has 0 unspecified atom stereocenters. The van der Waals surface area contributed by atoms with Gasteiger partial charge in [0.25, 0.3) is 0 Å². The highest BCUT2D eigenvalue weighted by molar-refractivity contribution is 5.71. The third-order valence-corrected chi connectivity index (χ3v) is 4.35. The van der Waals surface area contributed by atoms with Crippen LogP contribution in [0.2, 0.25) is 0 Å². The smallest absolute Gasteiger partial charge is 0.185 e. The van der Waals surface area contributed by atoms with E-state index >= 15 is 0 Å². The summed E-state index contributed by atoms with van der Waals surface area (Å²) < 4.78 is 17.0. The van der Waals surface area contributed by atoms with Crippen molar-refractivity contribution in [3.63, 3.8) is 0 Å². The Labute approximate surface area is 158 Å². The summed E-state index contributed by atoms with van der Waals surface area (Å²) in [5, 5.41) is 3.37. The van der Waals surface area contributed by atoms with Crippen LogP contribution in [0.4, 0.5) is 11.5 Å². The lowest BCUT2D eigenvalue weighted by atomic mass is 10.1. The van der Waals surface area contributed by atoms with Gasteiger partial charge in [0.1, 0.15) is 17.9 Å². The molecule has 0 amide bonds. The molecule has 0 aliphatic carbocycles. The van der Waals surface area contributed by atoms with E-state index in [0.717, 1.165) is 34.7 Å². The minimum absolute atomic E-state index is 0.363. The molecule has 0 radical (unpaired) electrons. The first-order valence-corrected chi connectivity index (χ1v) is 8.90. The van der Waals surface area contributed by atoms with E-state index in [4.69, 9.17) is 14.2 Å². The van der Waals surface area contributed by atoms with Gasteiger partial charge in [0.05, 0.1) is 26.0 Å². The standard InChI is InChI=1S/C21H21N3O3/c1-25-19-10-5-3-7-15(19)18-13-20(23-14-22-18)24-17-9-4-2-8-16(17)21-26-11-6-12-27-21/h2-5,7-10,13-14,21H,6,11-12H2,1H3,(H,22,23,24). The molecule has 2 aromatic carbocycles. The van der Waals surface area contributed by atoms with Crippen molar-refractivity contribution in [2.24, 2.45) is 0 Å². The largest absolute Gasteiger partial charge is 0.496 e. The Bertz CT molecular complexity index is 910. The van der Waals surface area contributed by atoms with Crippen molar-refractivity contribution in [1.82, 2.24) is 9.97 Å². The molecule has 6 nitrogen and oxygen atoms in total. The van der Waals surface area contributed by atoms with Gasteiger partial charge in [-0.15, -0.1) is 0 Å². The van der Waals surface area contributed by atoms with Gasteiger partial charge >= 0.3 is 0 Å². The van der Waals surface area contributed by atoms with Crippen LogP contribution in [0.15, 0.2) is 60.9 Å². The number of hydrogen-bond donors (Lipinski definition) is 1. The molecule has 3 aromatic rings. The monoisotopic (exact) mass is 363 g/mol. The number of benzene rings is 2. The molecule has 27 heavy (non-hydrogen) atoms. The minimum Gasteiger partial charge on any atom is -0.496 e. The topological polar surface area (TPSA) is 65.5 Å². The fourth-order valence-electron chi connectivity index (χ4n) is 3.05. The fourth-order valence-corrected chi connectivity index (χ4v) is 3.05. The molecule has 0 spiro atoms. The molecule has 2 heterocycles. The van der Waals surface area contributed by atoms with Gasteiger partial charge in [-0.1, -0.05) is 30.3 Å². The van der Waals surface area contributed by atoms with Crippen molar-refractivity contribution in [2.45, 2.75) is 12.7 Å². The summed E-state index contributed by atoms with van der Waals surface area (Å²) in [6.45, 7) is 1.40. The number of hydrogen-bond acceptors (Lipinski definition) is 6. The molecule has 1 aliphatic rings. The Balaban J connectivity index is 1.63. The van der Waals surface area contributed by atoms with Crippen molar-refractivity contribution >= 4 is 11.5 Å². The van der Waals surface area contributed by atoms with E-state index in [1.807, 2.05) is 54.6 Å². The number of ether oxygens (including phenoxy) is 3. The third kappa shape index (κ3) is 3.92. The normalized spacial score (nSPS) is 14.7. The molecule has 0 saturated carbocycles. The summed E-state index contributed by atoms with van der Waals surface area (Å²) in [5.41, 5.74) is 3.55. The molecule has 0 atom stereocenters. The lowest BCUT2D eigenvalue weighted by molar-refractivity contribution is -0.182. The predicted octanol–water partition coefficient (Wildman–Crippen LogP) is 4.33. The third-order valence-electron chi connectivity index (χ3n) is 4.35. The first-order valence-electron chi connectivity index (χ1n) is 8.90. The van der Waals surface area contributed by atoms with Crippen LogP contribution in [0.5, 0.6) is 5.75 Å². The first kappa shape index (κ1) is 17.5. The van der Waals surface area contributed by atoms with Crippen LogP contribution >= 0.6 is 0 Å². The highest BCUT2D eigenvalue weighted by Gasteiger charge is 2.20. The lowest BCUT2D eigenvalue weighted by Gasteiger charge is -2.25. The van der Waals surface area contributed by atoms with E-state index in [-0.39, 0.29) is 6.29 Å². The summed E-state index contributed by atoms with van der Waals surface area (Å²) >= 11 is 0. The molecule has 0 bridgehead atoms. The van der Waals surface area contributed by atoms with Gasteiger partial charge in [-0.2, -0.15) is 0 Å². The van der Waals surface area contributed by atoms with Crippen LogP contribution in [0.25, 0.3) is 11.3 Å². The molecule has 1 aromatic heterocycles. The van der Waals surface area contributed by atoms with Crippen molar-refractivity contribution < 1.29 is 14.2 Å². The van der Waals surface area contributed by atoms with E-state index in [9.17, 15) is 0 Å². The molecule has 1 aliphatic heterocycles. The summed E-state index contributed by atoms with van der Waals surface area (Å²) in [6, 6.07) is 17.6. The lowest BCUT2D eigenvalue weighted by Crippen LogP contribution is -2.18. The van der Waals surface area contributed by atoms with Crippen LogP contribution in [-0.2, 0) is 9.47 Å². The zero-order chi connectivity index (χ0) is 18.5. The SMILES string of the molecule is COc1ccccc1-c1cc(Nc2ccccc2C2OCCCO2)ncn1. The number of para-hydroxylation sites is 2. The van der Waals surface area contributed by atoms with E-state index in [2.05, 4.69) is 15.3 Å². The van der Waals surface area contributed by atoms with Crippen LogP contribution in [0, 0.1) is 0 Å². The first-order chi connectivity index (χ1) is 13.3. The molecule has 4 rings (SSSR count). The van der Waals surface area contributed by atoms with E-state index < -0.39 is 0 Å². The van der Waals surface area contributed by atoms with Crippen LogP contribution < -0.4 is 10.1 Å². The van der Waals surface area contributed by atoms with Crippen molar-refractivity contribution in [1.29, 1.82) is 0 Å². The Hall–Kier alpha value is -2.96. The van der Waals surface area contributed by atoms with Gasteiger partial charge in [0, 0.05) is 22.9 Å². The highest BCUT2D eigenvalue weighted by atomic mass is 16.7. The number of nitrogens with one attached hydrogen (secondary N) is 1. The van der Waals surface area contributed by atoms with Crippen molar-refractivity contribution in [3.05, 3.63) is 66.5 Å². The zero-order valence-electron chi connectivity index (χ0n) is 15.1. The number of nitrogens with zero attached hydrogens (tertiary/aromatic N) is 2. The molecule has 138 valence electrons. The number of methoxy groups -OCH3 is 1. The van der Waals surface area contributed by atoms with Crippen LogP contribution in [0.3, 0.4) is 0 Å². The Morgan fingerprint density at radius 3 is 2.63 bits per heavy atom. The predicted molar refractivity (Wildman–Crippen MR) is 103 cm³/mol. The fraction of sp³-hybridized carbons (Fsp3) is 0.238. The molecule has 1 saturated heterocycles. The van der Waals surface area contributed by atoms with E-state index in [1.54, 1.807) is 13.4 Å².